The molecule has 2 nitrogen and oxygen atoms in total. The third-order valence-corrected chi connectivity index (χ3v) is 4.57. The number of rotatable bonds is 0. The molecule has 3 heteroatoms. The van der Waals surface area contributed by atoms with Crippen molar-refractivity contribution in [1.29, 1.82) is 0 Å². The fourth-order valence-corrected chi connectivity index (χ4v) is 3.40. The molecule has 0 saturated carbocycles. The van der Waals surface area contributed by atoms with E-state index >= 15 is 0 Å². The molecule has 2 atom stereocenters. The lowest BCUT2D eigenvalue weighted by atomic mass is 10.1. The van der Waals surface area contributed by atoms with E-state index in [0.717, 1.165) is 12.8 Å². The Hall–Kier alpha value is -0.570. The van der Waals surface area contributed by atoms with Crippen LogP contribution in [0.5, 0.6) is 0 Å². The van der Waals surface area contributed by atoms with Crippen LogP contribution in [0.15, 0.2) is 24.3 Å². The number of hydrogen-bond acceptors (Lipinski definition) is 2. The maximum absolute atomic E-state index is 11.5. The van der Waals surface area contributed by atoms with Gasteiger partial charge in [-0.25, -0.2) is 8.42 Å². The fraction of sp³-hybridized carbons (Fsp3) is 0.500. The van der Waals surface area contributed by atoms with Crippen molar-refractivity contribution in [3.05, 3.63) is 24.3 Å². The molecule has 0 aromatic rings. The summed E-state index contributed by atoms with van der Waals surface area (Å²) in [6, 6.07) is 0. The van der Waals surface area contributed by atoms with Gasteiger partial charge in [-0.1, -0.05) is 24.3 Å². The number of fused-ring (bicyclic) bond motifs is 2. The Balaban J connectivity index is 2.50. The van der Waals surface area contributed by atoms with Crippen LogP contribution < -0.4 is 0 Å². The van der Waals surface area contributed by atoms with Gasteiger partial charge in [0.15, 0.2) is 9.84 Å². The number of sulfone groups is 1. The molecular weight excluding hydrogens is 160 g/mol. The van der Waals surface area contributed by atoms with Crippen LogP contribution in [0.2, 0.25) is 0 Å². The molecule has 2 heterocycles. The molecule has 0 aliphatic carbocycles. The lowest BCUT2D eigenvalue weighted by Gasteiger charge is -2.06. The van der Waals surface area contributed by atoms with Crippen molar-refractivity contribution in [2.75, 3.05) is 0 Å². The molecule has 2 aliphatic heterocycles. The highest BCUT2D eigenvalue weighted by Gasteiger charge is 2.35. The van der Waals surface area contributed by atoms with Crippen LogP contribution in [0.3, 0.4) is 0 Å². The molecule has 0 aromatic carbocycles. The Bertz CT molecular complexity index is 311. The van der Waals surface area contributed by atoms with Gasteiger partial charge in [0, 0.05) is 0 Å². The maximum Gasteiger partial charge on any atom is 0.166 e. The smallest absolute Gasteiger partial charge is 0.166 e. The first-order valence-corrected chi connectivity index (χ1v) is 5.40. The van der Waals surface area contributed by atoms with E-state index in [4.69, 9.17) is 0 Å². The summed E-state index contributed by atoms with van der Waals surface area (Å²) in [7, 11) is -2.86. The Morgan fingerprint density at radius 3 is 2.82 bits per heavy atom. The SMILES string of the molecule is O=S1(=O)C2C=CCCC1C=C2. The lowest BCUT2D eigenvalue weighted by molar-refractivity contribution is 0.588. The van der Waals surface area contributed by atoms with Gasteiger partial charge in [-0.2, -0.15) is 0 Å². The normalized spacial score (nSPS) is 38.9. The Kier molecular flexibility index (Phi) is 1.42. The first-order valence-electron chi connectivity index (χ1n) is 3.79. The minimum Gasteiger partial charge on any atom is -0.227 e. The second-order valence-electron chi connectivity index (χ2n) is 2.98. The summed E-state index contributed by atoms with van der Waals surface area (Å²) in [6.45, 7) is 0. The molecule has 0 fully saturated rings. The van der Waals surface area contributed by atoms with Gasteiger partial charge in [0.25, 0.3) is 0 Å². The van der Waals surface area contributed by atoms with E-state index in [1.54, 1.807) is 12.2 Å². The summed E-state index contributed by atoms with van der Waals surface area (Å²) in [5.74, 6) is 0. The topological polar surface area (TPSA) is 34.1 Å². The standard InChI is InChI=1S/C8H10O2S/c9-11(10)7-3-1-2-4-8(11)6-5-7/h1,3,5-8H,2,4H2. The van der Waals surface area contributed by atoms with E-state index in [1.807, 2.05) is 12.2 Å². The third kappa shape index (κ3) is 0.948. The van der Waals surface area contributed by atoms with Crippen LogP contribution in [0.4, 0.5) is 0 Å². The highest BCUT2D eigenvalue weighted by atomic mass is 32.2. The highest BCUT2D eigenvalue weighted by Crippen LogP contribution is 2.27. The highest BCUT2D eigenvalue weighted by molar-refractivity contribution is 7.93. The van der Waals surface area contributed by atoms with Gasteiger partial charge < -0.3 is 0 Å². The molecule has 0 saturated heterocycles. The molecule has 2 rings (SSSR count). The molecule has 2 unspecified atom stereocenters. The van der Waals surface area contributed by atoms with Crippen LogP contribution in [0, 0.1) is 0 Å². The number of hydrogen-bond donors (Lipinski definition) is 0. The van der Waals surface area contributed by atoms with E-state index in [9.17, 15) is 8.42 Å². The molecule has 2 bridgehead atoms. The molecule has 0 aromatic heterocycles. The van der Waals surface area contributed by atoms with Gasteiger partial charge in [-0.05, 0) is 12.8 Å². The Morgan fingerprint density at radius 1 is 1.18 bits per heavy atom. The average molecular weight is 170 g/mol. The van der Waals surface area contributed by atoms with Gasteiger partial charge >= 0.3 is 0 Å². The first-order chi connectivity index (χ1) is 5.21. The maximum atomic E-state index is 11.5. The van der Waals surface area contributed by atoms with Crippen LogP contribution in [0.1, 0.15) is 12.8 Å². The summed E-state index contributed by atoms with van der Waals surface area (Å²) < 4.78 is 23.0. The van der Waals surface area contributed by atoms with Gasteiger partial charge in [-0.3, -0.25) is 0 Å². The minimum atomic E-state index is -2.86. The van der Waals surface area contributed by atoms with Crippen LogP contribution in [0.25, 0.3) is 0 Å². The zero-order valence-corrected chi connectivity index (χ0v) is 6.92. The largest absolute Gasteiger partial charge is 0.227 e. The molecule has 2 aliphatic rings. The van der Waals surface area contributed by atoms with E-state index in [-0.39, 0.29) is 10.5 Å². The summed E-state index contributed by atoms with van der Waals surface area (Å²) in [4.78, 5) is 0. The van der Waals surface area contributed by atoms with Crippen molar-refractivity contribution in [3.63, 3.8) is 0 Å². The van der Waals surface area contributed by atoms with Crippen LogP contribution in [-0.2, 0) is 9.84 Å². The zero-order chi connectivity index (χ0) is 7.90. The predicted octanol–water partition coefficient (Wildman–Crippen LogP) is 1.06. The summed E-state index contributed by atoms with van der Waals surface area (Å²) in [6.07, 6.45) is 9.01. The van der Waals surface area contributed by atoms with Crippen molar-refractivity contribution in [1.82, 2.24) is 0 Å². The predicted molar refractivity (Wildman–Crippen MR) is 44.0 cm³/mol. The summed E-state index contributed by atoms with van der Waals surface area (Å²) in [5, 5.41) is -0.530. The molecule has 0 N–H and O–H groups in total. The Labute approximate surface area is 66.5 Å². The summed E-state index contributed by atoms with van der Waals surface area (Å²) in [5.41, 5.74) is 0. The second-order valence-corrected chi connectivity index (χ2v) is 5.31. The van der Waals surface area contributed by atoms with Crippen LogP contribution in [-0.4, -0.2) is 18.9 Å². The van der Waals surface area contributed by atoms with Gasteiger partial charge in [0.1, 0.15) is 0 Å². The van der Waals surface area contributed by atoms with Gasteiger partial charge in [0.05, 0.1) is 10.5 Å². The second kappa shape index (κ2) is 2.21. The van der Waals surface area contributed by atoms with Crippen LogP contribution >= 0.6 is 0 Å². The number of allylic oxidation sites excluding steroid dienone is 1. The molecule has 0 spiro atoms. The molecule has 0 radical (unpaired) electrons. The Morgan fingerprint density at radius 2 is 2.00 bits per heavy atom. The lowest BCUT2D eigenvalue weighted by Crippen LogP contribution is -2.20. The molecule has 0 amide bonds. The average Bonchev–Trinajstić information content (AvgIpc) is 2.00. The van der Waals surface area contributed by atoms with Crippen molar-refractivity contribution in [2.45, 2.75) is 23.3 Å². The zero-order valence-electron chi connectivity index (χ0n) is 6.10. The molecule has 11 heavy (non-hydrogen) atoms. The van der Waals surface area contributed by atoms with E-state index < -0.39 is 9.84 Å². The van der Waals surface area contributed by atoms with Crippen molar-refractivity contribution in [3.8, 4) is 0 Å². The van der Waals surface area contributed by atoms with E-state index in [0.29, 0.717) is 0 Å². The quantitative estimate of drug-likeness (QED) is 0.509. The van der Waals surface area contributed by atoms with E-state index in [2.05, 4.69) is 0 Å². The van der Waals surface area contributed by atoms with Gasteiger partial charge in [0.2, 0.25) is 0 Å². The minimum absolute atomic E-state index is 0.206. The summed E-state index contributed by atoms with van der Waals surface area (Å²) >= 11 is 0. The fourth-order valence-electron chi connectivity index (χ4n) is 1.58. The molecule has 60 valence electrons. The van der Waals surface area contributed by atoms with Crippen molar-refractivity contribution < 1.29 is 8.42 Å². The van der Waals surface area contributed by atoms with Crippen molar-refractivity contribution >= 4 is 9.84 Å². The molecular formula is C8H10O2S. The van der Waals surface area contributed by atoms with Crippen molar-refractivity contribution in [2.24, 2.45) is 0 Å². The first kappa shape index (κ1) is 7.10. The van der Waals surface area contributed by atoms with E-state index in [1.165, 1.54) is 0 Å². The monoisotopic (exact) mass is 170 g/mol. The third-order valence-electron chi connectivity index (χ3n) is 2.26. The van der Waals surface area contributed by atoms with Gasteiger partial charge in [-0.15, -0.1) is 0 Å².